The number of halogens is 3. The number of hydrogen-bond donors (Lipinski definition) is 1. The number of para-hydroxylation sites is 1. The molecule has 0 unspecified atom stereocenters. The van der Waals surface area contributed by atoms with Crippen molar-refractivity contribution in [2.24, 2.45) is 4.99 Å². The second-order valence-corrected chi connectivity index (χ2v) is 4.23. The molecule has 0 aromatic heterocycles. The molecular weight excluding hydrogens is 267 g/mol. The van der Waals surface area contributed by atoms with Crippen LogP contribution in [0.4, 0.5) is 13.2 Å². The van der Waals surface area contributed by atoms with E-state index >= 15 is 0 Å². The number of phenolic OH excluding ortho intramolecular Hbond substituents is 1. The van der Waals surface area contributed by atoms with Crippen LogP contribution >= 0.6 is 0 Å². The van der Waals surface area contributed by atoms with Crippen LogP contribution in [-0.4, -0.2) is 11.3 Å². The van der Waals surface area contributed by atoms with Crippen LogP contribution in [0.2, 0.25) is 0 Å². The lowest BCUT2D eigenvalue weighted by Gasteiger charge is -2.07. The van der Waals surface area contributed by atoms with Gasteiger partial charge in [0.2, 0.25) is 0 Å². The van der Waals surface area contributed by atoms with Gasteiger partial charge in [-0.15, -0.1) is 0 Å². The third kappa shape index (κ3) is 3.60. The summed E-state index contributed by atoms with van der Waals surface area (Å²) >= 11 is 0. The third-order valence-corrected chi connectivity index (χ3v) is 2.70. The van der Waals surface area contributed by atoms with Crippen LogP contribution in [0.1, 0.15) is 16.7 Å². The van der Waals surface area contributed by atoms with Crippen LogP contribution < -0.4 is 0 Å². The molecule has 20 heavy (non-hydrogen) atoms. The highest BCUT2D eigenvalue weighted by Crippen LogP contribution is 2.29. The zero-order valence-electron chi connectivity index (χ0n) is 10.4. The van der Waals surface area contributed by atoms with Crippen LogP contribution in [-0.2, 0) is 12.7 Å². The summed E-state index contributed by atoms with van der Waals surface area (Å²) in [6.07, 6.45) is -2.91. The molecule has 0 heterocycles. The predicted octanol–water partition coefficient (Wildman–Crippen LogP) is 4.03. The average molecular weight is 279 g/mol. The zero-order chi connectivity index (χ0) is 14.6. The molecule has 0 aliphatic heterocycles. The Morgan fingerprint density at radius 3 is 2.50 bits per heavy atom. The van der Waals surface area contributed by atoms with Crippen molar-refractivity contribution >= 4 is 6.21 Å². The molecule has 0 fully saturated rings. The van der Waals surface area contributed by atoms with E-state index in [4.69, 9.17) is 0 Å². The largest absolute Gasteiger partial charge is 0.507 e. The number of phenols is 1. The fraction of sp³-hybridized carbons (Fsp3) is 0.133. The molecule has 0 atom stereocenters. The minimum absolute atomic E-state index is 0.0836. The van der Waals surface area contributed by atoms with Crippen molar-refractivity contribution in [1.82, 2.24) is 0 Å². The first kappa shape index (κ1) is 14.1. The third-order valence-electron chi connectivity index (χ3n) is 2.70. The van der Waals surface area contributed by atoms with Gasteiger partial charge >= 0.3 is 6.18 Å². The monoisotopic (exact) mass is 279 g/mol. The number of aromatic hydroxyl groups is 1. The fourth-order valence-electron chi connectivity index (χ4n) is 1.69. The van der Waals surface area contributed by atoms with Gasteiger partial charge in [0.05, 0.1) is 12.1 Å². The van der Waals surface area contributed by atoms with Crippen LogP contribution in [0.3, 0.4) is 0 Å². The summed E-state index contributed by atoms with van der Waals surface area (Å²) in [5.74, 6) is 0.0836. The molecule has 5 heteroatoms. The Kier molecular flexibility index (Phi) is 4.08. The molecule has 0 amide bonds. The Bertz CT molecular complexity index is 621. The first-order valence-corrected chi connectivity index (χ1v) is 5.91. The van der Waals surface area contributed by atoms with Crippen molar-refractivity contribution in [3.8, 4) is 5.75 Å². The maximum Gasteiger partial charge on any atom is 0.416 e. The van der Waals surface area contributed by atoms with Gasteiger partial charge in [-0.25, -0.2) is 0 Å². The average Bonchev–Trinajstić information content (AvgIpc) is 2.40. The number of aliphatic imine (C=N–C) groups is 1. The van der Waals surface area contributed by atoms with Crippen molar-refractivity contribution in [1.29, 1.82) is 0 Å². The van der Waals surface area contributed by atoms with Gasteiger partial charge in [-0.3, -0.25) is 4.99 Å². The van der Waals surface area contributed by atoms with Gasteiger partial charge < -0.3 is 5.11 Å². The van der Waals surface area contributed by atoms with Gasteiger partial charge in [0, 0.05) is 11.8 Å². The highest BCUT2D eigenvalue weighted by atomic mass is 19.4. The van der Waals surface area contributed by atoms with Crippen molar-refractivity contribution in [3.63, 3.8) is 0 Å². The Morgan fingerprint density at radius 1 is 1.05 bits per heavy atom. The topological polar surface area (TPSA) is 32.6 Å². The van der Waals surface area contributed by atoms with E-state index in [9.17, 15) is 18.3 Å². The Hall–Kier alpha value is -2.30. The summed E-state index contributed by atoms with van der Waals surface area (Å²) in [7, 11) is 0. The maximum absolute atomic E-state index is 12.5. The summed E-state index contributed by atoms with van der Waals surface area (Å²) in [6, 6.07) is 11.6. The second kappa shape index (κ2) is 5.77. The predicted molar refractivity (Wildman–Crippen MR) is 70.8 cm³/mol. The molecule has 0 radical (unpaired) electrons. The highest BCUT2D eigenvalue weighted by molar-refractivity contribution is 5.83. The molecule has 1 N–H and O–H groups in total. The number of nitrogens with zero attached hydrogens (tertiary/aromatic N) is 1. The van der Waals surface area contributed by atoms with E-state index in [0.29, 0.717) is 11.1 Å². The van der Waals surface area contributed by atoms with Crippen LogP contribution in [0.25, 0.3) is 0 Å². The quantitative estimate of drug-likeness (QED) is 0.845. The minimum atomic E-state index is -4.35. The van der Waals surface area contributed by atoms with Crippen molar-refractivity contribution < 1.29 is 18.3 Å². The summed E-state index contributed by atoms with van der Waals surface area (Å²) in [6.45, 7) is 0.123. The molecule has 2 aromatic rings. The summed E-state index contributed by atoms with van der Waals surface area (Å²) in [5, 5.41) is 9.52. The van der Waals surface area contributed by atoms with E-state index in [1.54, 1.807) is 24.3 Å². The van der Waals surface area contributed by atoms with Crippen molar-refractivity contribution in [2.75, 3.05) is 0 Å². The lowest BCUT2D eigenvalue weighted by molar-refractivity contribution is -0.137. The van der Waals surface area contributed by atoms with Gasteiger partial charge in [0.15, 0.2) is 0 Å². The molecule has 0 spiro atoms. The van der Waals surface area contributed by atoms with E-state index in [2.05, 4.69) is 4.99 Å². The number of rotatable bonds is 3. The first-order chi connectivity index (χ1) is 9.47. The van der Waals surface area contributed by atoms with Crippen molar-refractivity contribution in [2.45, 2.75) is 12.7 Å². The SMILES string of the molecule is Oc1ccccc1C=NCc1cccc(C(F)(F)F)c1. The molecule has 2 aromatic carbocycles. The van der Waals surface area contributed by atoms with Crippen molar-refractivity contribution in [3.05, 3.63) is 65.2 Å². The molecule has 0 saturated heterocycles. The molecule has 104 valence electrons. The lowest BCUT2D eigenvalue weighted by Crippen LogP contribution is -2.05. The van der Waals surface area contributed by atoms with Gasteiger partial charge in [-0.2, -0.15) is 13.2 Å². The molecular formula is C15H12F3NO. The van der Waals surface area contributed by atoms with Crippen LogP contribution in [0, 0.1) is 0 Å². The minimum Gasteiger partial charge on any atom is -0.507 e. The standard InChI is InChI=1S/C15H12F3NO/c16-15(17,18)13-6-3-4-11(8-13)9-19-10-12-5-1-2-7-14(12)20/h1-8,10,20H,9H2. The molecule has 2 rings (SSSR count). The zero-order valence-corrected chi connectivity index (χ0v) is 10.4. The van der Waals surface area contributed by atoms with Gasteiger partial charge in [-0.1, -0.05) is 24.3 Å². The van der Waals surface area contributed by atoms with E-state index in [-0.39, 0.29) is 12.3 Å². The molecule has 0 bridgehead atoms. The summed E-state index contributed by atoms with van der Waals surface area (Å²) in [4.78, 5) is 4.04. The van der Waals surface area contributed by atoms with E-state index in [1.165, 1.54) is 18.3 Å². The first-order valence-electron chi connectivity index (χ1n) is 5.91. The molecule has 0 saturated carbocycles. The highest BCUT2D eigenvalue weighted by Gasteiger charge is 2.30. The Morgan fingerprint density at radius 2 is 1.80 bits per heavy atom. The smallest absolute Gasteiger partial charge is 0.416 e. The summed E-state index contributed by atoms with van der Waals surface area (Å²) in [5.41, 5.74) is 0.304. The van der Waals surface area contributed by atoms with Gasteiger partial charge in [0.25, 0.3) is 0 Å². The number of hydrogen-bond acceptors (Lipinski definition) is 2. The number of benzene rings is 2. The maximum atomic E-state index is 12.5. The van der Waals surface area contributed by atoms with Gasteiger partial charge in [-0.05, 0) is 29.8 Å². The Balaban J connectivity index is 2.10. The number of alkyl halides is 3. The fourth-order valence-corrected chi connectivity index (χ4v) is 1.69. The van der Waals surface area contributed by atoms with E-state index < -0.39 is 11.7 Å². The van der Waals surface area contributed by atoms with Crippen LogP contribution in [0.15, 0.2) is 53.5 Å². The second-order valence-electron chi connectivity index (χ2n) is 4.23. The molecule has 0 aliphatic rings. The van der Waals surface area contributed by atoms with Crippen LogP contribution in [0.5, 0.6) is 5.75 Å². The van der Waals surface area contributed by atoms with E-state index in [0.717, 1.165) is 12.1 Å². The molecule has 0 aliphatic carbocycles. The van der Waals surface area contributed by atoms with E-state index in [1.807, 2.05) is 0 Å². The normalized spacial score (nSPS) is 11.9. The summed E-state index contributed by atoms with van der Waals surface area (Å²) < 4.78 is 37.6. The van der Waals surface area contributed by atoms with Gasteiger partial charge in [0.1, 0.15) is 5.75 Å². The lowest BCUT2D eigenvalue weighted by atomic mass is 10.1. The molecule has 2 nitrogen and oxygen atoms in total. The Labute approximate surface area is 114 Å².